The molecule has 3 nitrogen and oxygen atoms in total. The summed E-state index contributed by atoms with van der Waals surface area (Å²) in [6, 6.07) is 1.17. The molecule has 0 spiro atoms. The molecule has 2 rings (SSSR count). The van der Waals surface area contributed by atoms with Gasteiger partial charge in [-0.3, -0.25) is 9.69 Å². The first-order valence-corrected chi connectivity index (χ1v) is 7.07. The Kier molecular flexibility index (Phi) is 4.08. The van der Waals surface area contributed by atoms with Gasteiger partial charge in [0.05, 0.1) is 0 Å². The smallest absolute Gasteiger partial charge is 0.217 e. The van der Waals surface area contributed by atoms with Gasteiger partial charge in [-0.05, 0) is 31.1 Å². The Labute approximate surface area is 105 Å². The zero-order valence-electron chi connectivity index (χ0n) is 11.4. The maximum atomic E-state index is 11.2. The van der Waals surface area contributed by atoms with E-state index in [2.05, 4.69) is 24.1 Å². The highest BCUT2D eigenvalue weighted by Gasteiger charge is 2.34. The maximum Gasteiger partial charge on any atom is 0.217 e. The van der Waals surface area contributed by atoms with Crippen molar-refractivity contribution in [2.75, 3.05) is 13.1 Å². The highest BCUT2D eigenvalue weighted by Crippen LogP contribution is 2.31. The van der Waals surface area contributed by atoms with Gasteiger partial charge in [0.2, 0.25) is 5.91 Å². The molecule has 2 aliphatic rings. The molecule has 1 saturated carbocycles. The van der Waals surface area contributed by atoms with Gasteiger partial charge in [0.1, 0.15) is 0 Å². The van der Waals surface area contributed by atoms with Crippen LogP contribution in [0.25, 0.3) is 0 Å². The third-order valence-electron chi connectivity index (χ3n) is 4.45. The second-order valence-electron chi connectivity index (χ2n) is 6.18. The van der Waals surface area contributed by atoms with Crippen molar-refractivity contribution in [2.45, 2.75) is 58.5 Å². The first kappa shape index (κ1) is 12.9. The lowest BCUT2D eigenvalue weighted by Gasteiger charge is -2.46. The van der Waals surface area contributed by atoms with E-state index >= 15 is 0 Å². The van der Waals surface area contributed by atoms with Gasteiger partial charge in [-0.25, -0.2) is 0 Å². The van der Waals surface area contributed by atoms with Gasteiger partial charge in [-0.15, -0.1) is 0 Å². The van der Waals surface area contributed by atoms with Gasteiger partial charge in [-0.1, -0.05) is 20.3 Å². The average molecular weight is 238 g/mol. The van der Waals surface area contributed by atoms with Crippen LogP contribution >= 0.6 is 0 Å². The summed E-state index contributed by atoms with van der Waals surface area (Å²) in [6.07, 6.45) is 5.26. The quantitative estimate of drug-likeness (QED) is 0.816. The van der Waals surface area contributed by atoms with Gasteiger partial charge >= 0.3 is 0 Å². The molecule has 3 heteroatoms. The van der Waals surface area contributed by atoms with E-state index in [-0.39, 0.29) is 5.91 Å². The highest BCUT2D eigenvalue weighted by atomic mass is 16.1. The van der Waals surface area contributed by atoms with Crippen LogP contribution in [0.2, 0.25) is 0 Å². The van der Waals surface area contributed by atoms with E-state index in [4.69, 9.17) is 0 Å². The van der Waals surface area contributed by atoms with E-state index in [9.17, 15) is 4.79 Å². The first-order chi connectivity index (χ1) is 8.06. The zero-order chi connectivity index (χ0) is 12.4. The molecule has 1 saturated heterocycles. The minimum absolute atomic E-state index is 0.118. The minimum atomic E-state index is 0.118. The Morgan fingerprint density at radius 3 is 2.47 bits per heavy atom. The second-order valence-corrected chi connectivity index (χ2v) is 6.18. The van der Waals surface area contributed by atoms with Crippen LogP contribution in [-0.2, 0) is 4.79 Å². The molecule has 0 radical (unpaired) electrons. The maximum absolute atomic E-state index is 11.2. The molecule has 1 aliphatic carbocycles. The van der Waals surface area contributed by atoms with Gasteiger partial charge in [0, 0.05) is 32.1 Å². The molecule has 1 amide bonds. The fraction of sp³-hybridized carbons (Fsp3) is 0.929. The summed E-state index contributed by atoms with van der Waals surface area (Å²) in [5.74, 6) is 1.57. The molecule has 0 aromatic rings. The summed E-state index contributed by atoms with van der Waals surface area (Å²) < 4.78 is 0. The predicted molar refractivity (Wildman–Crippen MR) is 69.8 cm³/mol. The van der Waals surface area contributed by atoms with E-state index in [1.54, 1.807) is 6.92 Å². The van der Waals surface area contributed by atoms with Crippen molar-refractivity contribution in [1.29, 1.82) is 0 Å². The van der Waals surface area contributed by atoms with Crippen LogP contribution in [0, 0.1) is 11.8 Å². The molecule has 2 atom stereocenters. The van der Waals surface area contributed by atoms with Crippen LogP contribution in [0.4, 0.5) is 0 Å². The van der Waals surface area contributed by atoms with E-state index in [1.165, 1.54) is 25.8 Å². The number of nitrogens with zero attached hydrogens (tertiary/aromatic N) is 1. The number of rotatable bonds is 3. The Balaban J connectivity index is 1.95. The molecule has 1 N–H and O–H groups in total. The molecule has 17 heavy (non-hydrogen) atoms. The lowest BCUT2D eigenvalue weighted by molar-refractivity contribution is -0.120. The number of carbonyl (C=O) groups excluding carboxylic acids is 1. The molecule has 98 valence electrons. The topological polar surface area (TPSA) is 32.3 Å². The van der Waals surface area contributed by atoms with Gasteiger partial charge in [-0.2, -0.15) is 0 Å². The van der Waals surface area contributed by atoms with Crippen LogP contribution < -0.4 is 5.32 Å². The molecule has 0 aromatic heterocycles. The van der Waals surface area contributed by atoms with Crippen LogP contribution in [0.3, 0.4) is 0 Å². The lowest BCUT2D eigenvalue weighted by Crippen LogP contribution is -2.55. The van der Waals surface area contributed by atoms with Crippen molar-refractivity contribution >= 4 is 5.91 Å². The molecular weight excluding hydrogens is 212 g/mol. The fourth-order valence-electron chi connectivity index (χ4n) is 3.10. The summed E-state index contributed by atoms with van der Waals surface area (Å²) in [5, 5.41) is 3.12. The van der Waals surface area contributed by atoms with Crippen molar-refractivity contribution < 1.29 is 4.79 Å². The molecule has 2 fully saturated rings. The van der Waals surface area contributed by atoms with Crippen molar-refractivity contribution in [3.63, 3.8) is 0 Å². The number of hydrogen-bond acceptors (Lipinski definition) is 2. The Morgan fingerprint density at radius 2 is 2.00 bits per heavy atom. The third kappa shape index (κ3) is 3.21. The van der Waals surface area contributed by atoms with Crippen LogP contribution in [-0.4, -0.2) is 36.0 Å². The molecular formula is C14H26N2O. The summed E-state index contributed by atoms with van der Waals surface area (Å²) in [4.78, 5) is 13.8. The average Bonchev–Trinajstić information content (AvgIpc) is 2.13. The standard InChI is InChI=1S/C14H26N2O/c1-10(2)12-7-13(15-11(3)17)9-16(8-12)14-5-4-6-14/h10,12-14H,4-9H2,1-3H3,(H,15,17). The van der Waals surface area contributed by atoms with Crippen molar-refractivity contribution in [1.82, 2.24) is 10.2 Å². The normalized spacial score (nSPS) is 31.3. The van der Waals surface area contributed by atoms with E-state index in [0.29, 0.717) is 12.0 Å². The fourth-order valence-corrected chi connectivity index (χ4v) is 3.10. The lowest BCUT2D eigenvalue weighted by atomic mass is 9.82. The minimum Gasteiger partial charge on any atom is -0.352 e. The molecule has 1 aliphatic heterocycles. The summed E-state index contributed by atoms with van der Waals surface area (Å²) >= 11 is 0. The van der Waals surface area contributed by atoms with E-state index in [0.717, 1.165) is 24.9 Å². The predicted octanol–water partition coefficient (Wildman–Crippen LogP) is 2.02. The largest absolute Gasteiger partial charge is 0.352 e. The van der Waals surface area contributed by atoms with Crippen molar-refractivity contribution in [3.8, 4) is 0 Å². The highest BCUT2D eigenvalue weighted by molar-refractivity contribution is 5.73. The Morgan fingerprint density at radius 1 is 1.29 bits per heavy atom. The number of piperidine rings is 1. The van der Waals surface area contributed by atoms with Crippen LogP contribution in [0.15, 0.2) is 0 Å². The van der Waals surface area contributed by atoms with Crippen molar-refractivity contribution in [3.05, 3.63) is 0 Å². The SMILES string of the molecule is CC(=O)NC1CC(C(C)C)CN(C2CCC2)C1. The number of hydrogen-bond donors (Lipinski definition) is 1. The molecule has 0 aromatic carbocycles. The number of carbonyl (C=O) groups is 1. The molecule has 0 bridgehead atoms. The number of amides is 1. The third-order valence-corrected chi connectivity index (χ3v) is 4.45. The first-order valence-electron chi connectivity index (χ1n) is 7.07. The van der Waals surface area contributed by atoms with Gasteiger partial charge in [0.15, 0.2) is 0 Å². The van der Waals surface area contributed by atoms with Crippen molar-refractivity contribution in [2.24, 2.45) is 11.8 Å². The summed E-state index contributed by atoms with van der Waals surface area (Å²) in [5.41, 5.74) is 0. The van der Waals surface area contributed by atoms with E-state index < -0.39 is 0 Å². The summed E-state index contributed by atoms with van der Waals surface area (Å²) in [7, 11) is 0. The van der Waals surface area contributed by atoms with Crippen LogP contribution in [0.5, 0.6) is 0 Å². The Bertz CT molecular complexity index is 273. The number of nitrogens with one attached hydrogen (secondary N) is 1. The van der Waals surface area contributed by atoms with Gasteiger partial charge < -0.3 is 5.32 Å². The monoisotopic (exact) mass is 238 g/mol. The van der Waals surface area contributed by atoms with Gasteiger partial charge in [0.25, 0.3) is 0 Å². The van der Waals surface area contributed by atoms with Crippen LogP contribution in [0.1, 0.15) is 46.5 Å². The Hall–Kier alpha value is -0.570. The second kappa shape index (κ2) is 5.38. The molecule has 1 heterocycles. The number of likely N-dealkylation sites (tertiary alicyclic amines) is 1. The summed E-state index contributed by atoms with van der Waals surface area (Å²) in [6.45, 7) is 8.54. The molecule has 2 unspecified atom stereocenters. The zero-order valence-corrected chi connectivity index (χ0v) is 11.4. The van der Waals surface area contributed by atoms with E-state index in [1.807, 2.05) is 0 Å².